The van der Waals surface area contributed by atoms with E-state index in [0.717, 1.165) is 11.1 Å². The molecule has 0 aliphatic carbocycles. The summed E-state index contributed by atoms with van der Waals surface area (Å²) in [4.78, 5) is 24.2. The van der Waals surface area contributed by atoms with Gasteiger partial charge in [0.15, 0.2) is 11.5 Å². The Kier molecular flexibility index (Phi) is 8.34. The van der Waals surface area contributed by atoms with Gasteiger partial charge in [-0.25, -0.2) is 4.79 Å². The molecule has 3 N–H and O–H groups in total. The molecule has 2 aromatic rings. The molecule has 0 spiro atoms. The van der Waals surface area contributed by atoms with Crippen LogP contribution in [0, 0.1) is 0 Å². The molecule has 0 atom stereocenters. The molecule has 0 aromatic heterocycles. The summed E-state index contributed by atoms with van der Waals surface area (Å²) >= 11 is 0. The van der Waals surface area contributed by atoms with Crippen molar-refractivity contribution < 1.29 is 23.8 Å². The van der Waals surface area contributed by atoms with E-state index in [1.54, 1.807) is 45.6 Å². The third-order valence-electron chi connectivity index (χ3n) is 4.31. The predicted molar refractivity (Wildman–Crippen MR) is 114 cm³/mol. The van der Waals surface area contributed by atoms with Gasteiger partial charge in [0.2, 0.25) is 0 Å². The lowest BCUT2D eigenvalue weighted by molar-refractivity contribution is 0.0950. The van der Waals surface area contributed by atoms with Gasteiger partial charge in [-0.2, -0.15) is 0 Å². The molecular formula is C22H29N3O5. The van der Waals surface area contributed by atoms with E-state index < -0.39 is 0 Å². The molecule has 0 saturated heterocycles. The molecule has 0 unspecified atom stereocenters. The van der Waals surface area contributed by atoms with Gasteiger partial charge in [-0.1, -0.05) is 12.1 Å². The van der Waals surface area contributed by atoms with Crippen LogP contribution in [0.5, 0.6) is 17.2 Å². The van der Waals surface area contributed by atoms with Gasteiger partial charge in [0.1, 0.15) is 5.75 Å². The van der Waals surface area contributed by atoms with Gasteiger partial charge < -0.3 is 30.2 Å². The summed E-state index contributed by atoms with van der Waals surface area (Å²) in [6.07, 6.45) is 0. The van der Waals surface area contributed by atoms with E-state index in [0.29, 0.717) is 29.4 Å². The minimum Gasteiger partial charge on any atom is -0.496 e. The average molecular weight is 415 g/mol. The van der Waals surface area contributed by atoms with Crippen LogP contribution < -0.4 is 30.2 Å². The van der Waals surface area contributed by atoms with Crippen molar-refractivity contribution in [2.75, 3.05) is 21.3 Å². The van der Waals surface area contributed by atoms with Crippen LogP contribution >= 0.6 is 0 Å². The number of amides is 3. The van der Waals surface area contributed by atoms with Crippen molar-refractivity contribution in [2.45, 2.75) is 33.0 Å². The summed E-state index contributed by atoms with van der Waals surface area (Å²) in [5, 5.41) is 8.41. The maximum Gasteiger partial charge on any atom is 0.315 e. The van der Waals surface area contributed by atoms with E-state index in [2.05, 4.69) is 16.0 Å². The Labute approximate surface area is 176 Å². The maximum atomic E-state index is 12.5. The third-order valence-corrected chi connectivity index (χ3v) is 4.31. The van der Waals surface area contributed by atoms with Crippen molar-refractivity contribution in [3.63, 3.8) is 0 Å². The number of carbonyl (C=O) groups is 2. The van der Waals surface area contributed by atoms with Gasteiger partial charge in [0, 0.05) is 36.3 Å². The van der Waals surface area contributed by atoms with Crippen LogP contribution in [0.1, 0.15) is 35.3 Å². The van der Waals surface area contributed by atoms with Crippen LogP contribution in [-0.4, -0.2) is 39.3 Å². The van der Waals surface area contributed by atoms with E-state index >= 15 is 0 Å². The Bertz CT molecular complexity index is 866. The predicted octanol–water partition coefficient (Wildman–Crippen LogP) is 2.85. The quantitative estimate of drug-likeness (QED) is 0.585. The molecule has 2 aromatic carbocycles. The van der Waals surface area contributed by atoms with Crippen molar-refractivity contribution in [1.82, 2.24) is 16.0 Å². The summed E-state index contributed by atoms with van der Waals surface area (Å²) in [5.74, 6) is 1.48. The number of nitrogens with one attached hydrogen (secondary N) is 3. The molecule has 0 radical (unpaired) electrons. The minimum atomic E-state index is -0.226. The number of ether oxygens (including phenoxy) is 3. The van der Waals surface area contributed by atoms with E-state index in [1.807, 2.05) is 26.0 Å². The number of methoxy groups -OCH3 is 3. The number of urea groups is 1. The fraction of sp³-hybridized carbons (Fsp3) is 0.364. The first kappa shape index (κ1) is 22.9. The van der Waals surface area contributed by atoms with E-state index in [1.165, 1.54) is 0 Å². The second-order valence-corrected chi connectivity index (χ2v) is 6.88. The van der Waals surface area contributed by atoms with Gasteiger partial charge in [-0.3, -0.25) is 4.79 Å². The van der Waals surface area contributed by atoms with Crippen molar-refractivity contribution in [1.29, 1.82) is 0 Å². The molecule has 0 bridgehead atoms. The first-order valence-corrected chi connectivity index (χ1v) is 9.58. The highest BCUT2D eigenvalue weighted by molar-refractivity contribution is 5.94. The first-order chi connectivity index (χ1) is 14.4. The van der Waals surface area contributed by atoms with Gasteiger partial charge in [0.25, 0.3) is 5.91 Å². The van der Waals surface area contributed by atoms with Crippen LogP contribution in [0.25, 0.3) is 0 Å². The van der Waals surface area contributed by atoms with Crippen LogP contribution in [0.3, 0.4) is 0 Å². The van der Waals surface area contributed by atoms with Gasteiger partial charge >= 0.3 is 6.03 Å². The Morgan fingerprint density at radius 2 is 1.43 bits per heavy atom. The van der Waals surface area contributed by atoms with Crippen molar-refractivity contribution >= 4 is 11.9 Å². The van der Waals surface area contributed by atoms with Crippen LogP contribution in [0.4, 0.5) is 4.79 Å². The summed E-state index contributed by atoms with van der Waals surface area (Å²) in [7, 11) is 4.66. The number of hydrogen-bond donors (Lipinski definition) is 3. The molecule has 8 heteroatoms. The summed E-state index contributed by atoms with van der Waals surface area (Å²) in [6.45, 7) is 4.43. The number of benzene rings is 2. The lowest BCUT2D eigenvalue weighted by atomic mass is 10.1. The summed E-state index contributed by atoms with van der Waals surface area (Å²) in [6, 6.07) is 10.4. The van der Waals surface area contributed by atoms with Crippen molar-refractivity contribution in [3.05, 3.63) is 53.1 Å². The monoisotopic (exact) mass is 415 g/mol. The molecule has 2 rings (SSSR count). The molecule has 0 aliphatic rings. The zero-order valence-corrected chi connectivity index (χ0v) is 18.0. The standard InChI is InChI=1S/C22H29N3O5/c1-14(2)25-22(27)24-12-15-6-8-16(9-7-15)21(26)23-13-17-10-19(29-4)20(30-5)11-18(17)28-3/h6-11,14H,12-13H2,1-5H3,(H,23,26)(H2,24,25,27). The van der Waals surface area contributed by atoms with E-state index in [9.17, 15) is 9.59 Å². The van der Waals surface area contributed by atoms with Gasteiger partial charge in [-0.15, -0.1) is 0 Å². The first-order valence-electron chi connectivity index (χ1n) is 9.58. The third kappa shape index (κ3) is 6.30. The molecule has 0 heterocycles. The number of hydrogen-bond acceptors (Lipinski definition) is 5. The molecule has 8 nitrogen and oxygen atoms in total. The van der Waals surface area contributed by atoms with Gasteiger partial charge in [-0.05, 0) is 37.6 Å². The van der Waals surface area contributed by atoms with Crippen molar-refractivity contribution in [3.8, 4) is 17.2 Å². The Balaban J connectivity index is 1.97. The molecule has 162 valence electrons. The number of carbonyl (C=O) groups excluding carboxylic acids is 2. The lowest BCUT2D eigenvalue weighted by Gasteiger charge is -2.14. The normalized spacial score (nSPS) is 10.3. The topological polar surface area (TPSA) is 97.9 Å². The molecular weight excluding hydrogens is 386 g/mol. The second-order valence-electron chi connectivity index (χ2n) is 6.88. The molecule has 30 heavy (non-hydrogen) atoms. The minimum absolute atomic E-state index is 0.0698. The maximum absolute atomic E-state index is 12.5. The second kappa shape index (κ2) is 10.9. The average Bonchev–Trinajstić information content (AvgIpc) is 2.75. The fourth-order valence-electron chi connectivity index (χ4n) is 2.78. The Morgan fingerprint density at radius 3 is 2.00 bits per heavy atom. The highest BCUT2D eigenvalue weighted by Crippen LogP contribution is 2.34. The number of rotatable bonds is 9. The molecule has 0 fully saturated rings. The largest absolute Gasteiger partial charge is 0.496 e. The summed E-state index contributed by atoms with van der Waals surface area (Å²) < 4.78 is 16.0. The van der Waals surface area contributed by atoms with Crippen molar-refractivity contribution in [2.24, 2.45) is 0 Å². The Hall–Kier alpha value is -3.42. The van der Waals surface area contributed by atoms with E-state index in [-0.39, 0.29) is 24.5 Å². The highest BCUT2D eigenvalue weighted by atomic mass is 16.5. The van der Waals surface area contributed by atoms with Crippen LogP contribution in [0.2, 0.25) is 0 Å². The van der Waals surface area contributed by atoms with Crippen LogP contribution in [-0.2, 0) is 13.1 Å². The zero-order chi connectivity index (χ0) is 22.1. The Morgan fingerprint density at radius 1 is 0.833 bits per heavy atom. The molecule has 0 saturated carbocycles. The van der Waals surface area contributed by atoms with Crippen LogP contribution in [0.15, 0.2) is 36.4 Å². The smallest absolute Gasteiger partial charge is 0.315 e. The van der Waals surface area contributed by atoms with Gasteiger partial charge in [0.05, 0.1) is 21.3 Å². The SMILES string of the molecule is COc1cc(OC)c(OC)cc1CNC(=O)c1ccc(CNC(=O)NC(C)C)cc1. The molecule has 3 amide bonds. The fourth-order valence-corrected chi connectivity index (χ4v) is 2.78. The zero-order valence-electron chi connectivity index (χ0n) is 18.0. The highest BCUT2D eigenvalue weighted by Gasteiger charge is 2.13. The molecule has 0 aliphatic heterocycles. The van der Waals surface area contributed by atoms with E-state index in [4.69, 9.17) is 14.2 Å². The summed E-state index contributed by atoms with van der Waals surface area (Å²) in [5.41, 5.74) is 2.18. The lowest BCUT2D eigenvalue weighted by Crippen LogP contribution is -2.39.